The van der Waals surface area contributed by atoms with Gasteiger partial charge in [0.15, 0.2) is 0 Å². The van der Waals surface area contributed by atoms with Gasteiger partial charge in [0.25, 0.3) is 5.91 Å². The van der Waals surface area contributed by atoms with Crippen molar-refractivity contribution in [1.82, 2.24) is 0 Å². The number of nitrogens with two attached hydrogens (primary N) is 2. The summed E-state index contributed by atoms with van der Waals surface area (Å²) >= 11 is 0. The van der Waals surface area contributed by atoms with Crippen LogP contribution in [0, 0.1) is 0 Å². The molecule has 5 N–H and O–H groups in total. The molecule has 0 heterocycles. The molecule has 0 saturated heterocycles. The van der Waals surface area contributed by atoms with Crippen LogP contribution >= 0.6 is 0 Å². The van der Waals surface area contributed by atoms with E-state index in [2.05, 4.69) is 5.32 Å². The second kappa shape index (κ2) is 3.80. The number of anilines is 2. The molecule has 1 rings (SSSR count). The molecular weight excluding hydrogens is 166 g/mol. The molecule has 1 aromatic rings. The van der Waals surface area contributed by atoms with Gasteiger partial charge >= 0.3 is 0 Å². The molecule has 0 radical (unpaired) electrons. The number of rotatable bonds is 3. The van der Waals surface area contributed by atoms with E-state index < -0.39 is 5.91 Å². The molecule has 0 aromatic heterocycles. The van der Waals surface area contributed by atoms with Crippen LogP contribution < -0.4 is 16.8 Å². The van der Waals surface area contributed by atoms with Gasteiger partial charge in [-0.3, -0.25) is 4.79 Å². The number of nitrogens with one attached hydrogen (secondary N) is 1. The van der Waals surface area contributed by atoms with E-state index in [9.17, 15) is 4.79 Å². The van der Waals surface area contributed by atoms with Crippen LogP contribution in [-0.2, 0) is 0 Å². The van der Waals surface area contributed by atoms with Crippen molar-refractivity contribution in [1.29, 1.82) is 0 Å². The Bertz CT molecular complexity index is 323. The SMILES string of the molecule is CCNc1ccc(N)cc1C(N)=O. The second-order valence-corrected chi connectivity index (χ2v) is 2.70. The molecule has 13 heavy (non-hydrogen) atoms. The molecule has 0 aliphatic heterocycles. The Labute approximate surface area is 76.9 Å². The first-order chi connectivity index (χ1) is 6.15. The third kappa shape index (κ3) is 2.11. The van der Waals surface area contributed by atoms with Crippen LogP contribution in [0.3, 0.4) is 0 Å². The first kappa shape index (κ1) is 9.38. The van der Waals surface area contributed by atoms with Crippen molar-refractivity contribution in [2.75, 3.05) is 17.6 Å². The summed E-state index contributed by atoms with van der Waals surface area (Å²) in [7, 11) is 0. The number of hydrogen-bond acceptors (Lipinski definition) is 3. The first-order valence-electron chi connectivity index (χ1n) is 4.08. The predicted molar refractivity (Wildman–Crippen MR) is 53.5 cm³/mol. The normalized spacial score (nSPS) is 9.62. The van der Waals surface area contributed by atoms with Gasteiger partial charge < -0.3 is 16.8 Å². The van der Waals surface area contributed by atoms with E-state index in [1.165, 1.54) is 0 Å². The minimum absolute atomic E-state index is 0.432. The Hall–Kier alpha value is -1.71. The monoisotopic (exact) mass is 179 g/mol. The van der Waals surface area contributed by atoms with E-state index in [0.29, 0.717) is 11.3 Å². The molecule has 0 aliphatic carbocycles. The van der Waals surface area contributed by atoms with Crippen molar-refractivity contribution in [2.45, 2.75) is 6.92 Å². The lowest BCUT2D eigenvalue weighted by Gasteiger charge is -2.08. The Morgan fingerprint density at radius 3 is 2.77 bits per heavy atom. The van der Waals surface area contributed by atoms with Gasteiger partial charge in [-0.2, -0.15) is 0 Å². The fourth-order valence-electron chi connectivity index (χ4n) is 1.11. The van der Waals surface area contributed by atoms with E-state index in [1.54, 1.807) is 18.2 Å². The molecule has 4 heteroatoms. The fraction of sp³-hybridized carbons (Fsp3) is 0.222. The van der Waals surface area contributed by atoms with Crippen molar-refractivity contribution in [3.63, 3.8) is 0 Å². The number of amides is 1. The summed E-state index contributed by atoms with van der Waals surface area (Å²) in [6.07, 6.45) is 0. The third-order valence-electron chi connectivity index (χ3n) is 1.68. The molecule has 0 spiro atoms. The Morgan fingerprint density at radius 2 is 2.23 bits per heavy atom. The van der Waals surface area contributed by atoms with E-state index in [4.69, 9.17) is 11.5 Å². The highest BCUT2D eigenvalue weighted by Crippen LogP contribution is 2.17. The summed E-state index contributed by atoms with van der Waals surface area (Å²) in [6.45, 7) is 2.69. The van der Waals surface area contributed by atoms with Gasteiger partial charge in [0.05, 0.1) is 5.56 Å². The lowest BCUT2D eigenvalue weighted by Crippen LogP contribution is -2.14. The lowest BCUT2D eigenvalue weighted by atomic mass is 10.1. The van der Waals surface area contributed by atoms with E-state index in [-0.39, 0.29) is 0 Å². The molecule has 0 aliphatic rings. The maximum atomic E-state index is 11.0. The number of primary amides is 1. The molecule has 70 valence electrons. The number of nitrogen functional groups attached to an aromatic ring is 1. The van der Waals surface area contributed by atoms with Gasteiger partial charge in [0.2, 0.25) is 0 Å². The van der Waals surface area contributed by atoms with Gasteiger partial charge in [-0.15, -0.1) is 0 Å². The van der Waals surface area contributed by atoms with Crippen LogP contribution in [0.2, 0.25) is 0 Å². The van der Waals surface area contributed by atoms with Crippen LogP contribution in [-0.4, -0.2) is 12.5 Å². The van der Waals surface area contributed by atoms with Gasteiger partial charge in [-0.25, -0.2) is 0 Å². The Balaban J connectivity index is 3.10. The zero-order valence-electron chi connectivity index (χ0n) is 7.50. The summed E-state index contributed by atoms with van der Waals surface area (Å²) in [5, 5.41) is 3.03. The molecule has 0 atom stereocenters. The van der Waals surface area contributed by atoms with Gasteiger partial charge in [0.1, 0.15) is 0 Å². The van der Waals surface area contributed by atoms with Crippen LogP contribution in [0.1, 0.15) is 17.3 Å². The fourth-order valence-corrected chi connectivity index (χ4v) is 1.11. The van der Waals surface area contributed by atoms with Gasteiger partial charge in [-0.1, -0.05) is 0 Å². The maximum Gasteiger partial charge on any atom is 0.250 e. The van der Waals surface area contributed by atoms with Crippen LogP contribution in [0.5, 0.6) is 0 Å². The molecular formula is C9H13N3O. The van der Waals surface area contributed by atoms with E-state index >= 15 is 0 Å². The third-order valence-corrected chi connectivity index (χ3v) is 1.68. The summed E-state index contributed by atoms with van der Waals surface area (Å²) in [4.78, 5) is 11.0. The summed E-state index contributed by atoms with van der Waals surface area (Å²) in [5.41, 5.74) is 12.4. The highest BCUT2D eigenvalue weighted by molar-refractivity contribution is 5.99. The van der Waals surface area contributed by atoms with Crippen LogP contribution in [0.15, 0.2) is 18.2 Å². The van der Waals surface area contributed by atoms with Crippen molar-refractivity contribution < 1.29 is 4.79 Å². The zero-order chi connectivity index (χ0) is 9.84. The standard InChI is InChI=1S/C9H13N3O/c1-2-12-8-4-3-6(10)5-7(8)9(11)13/h3-5,12H,2,10H2,1H3,(H2,11,13). The quantitative estimate of drug-likeness (QED) is 0.600. The topological polar surface area (TPSA) is 81.1 Å². The predicted octanol–water partition coefficient (Wildman–Crippen LogP) is 0.800. The van der Waals surface area contributed by atoms with Crippen molar-refractivity contribution in [3.05, 3.63) is 23.8 Å². The first-order valence-corrected chi connectivity index (χ1v) is 4.08. The smallest absolute Gasteiger partial charge is 0.250 e. The van der Waals surface area contributed by atoms with Crippen LogP contribution in [0.25, 0.3) is 0 Å². The summed E-state index contributed by atoms with van der Waals surface area (Å²) in [6, 6.07) is 5.05. The molecule has 1 aromatic carbocycles. The molecule has 0 unspecified atom stereocenters. The maximum absolute atomic E-state index is 11.0. The Morgan fingerprint density at radius 1 is 1.54 bits per heavy atom. The summed E-state index contributed by atoms with van der Waals surface area (Å²) in [5.74, 6) is -0.469. The largest absolute Gasteiger partial charge is 0.399 e. The molecule has 4 nitrogen and oxygen atoms in total. The summed E-state index contributed by atoms with van der Waals surface area (Å²) < 4.78 is 0. The number of carbonyl (C=O) groups is 1. The number of carbonyl (C=O) groups excluding carboxylic acids is 1. The highest BCUT2D eigenvalue weighted by Gasteiger charge is 2.06. The second-order valence-electron chi connectivity index (χ2n) is 2.70. The van der Waals surface area contributed by atoms with Gasteiger partial charge in [-0.05, 0) is 25.1 Å². The lowest BCUT2D eigenvalue weighted by molar-refractivity contribution is 0.100. The zero-order valence-corrected chi connectivity index (χ0v) is 7.50. The van der Waals surface area contributed by atoms with Crippen LogP contribution in [0.4, 0.5) is 11.4 Å². The highest BCUT2D eigenvalue weighted by atomic mass is 16.1. The molecule has 0 fully saturated rings. The Kier molecular flexibility index (Phi) is 2.74. The van der Waals surface area contributed by atoms with Crippen molar-refractivity contribution in [2.24, 2.45) is 5.73 Å². The van der Waals surface area contributed by atoms with Gasteiger partial charge in [0, 0.05) is 17.9 Å². The molecule has 0 bridgehead atoms. The minimum atomic E-state index is -0.469. The number of hydrogen-bond donors (Lipinski definition) is 3. The van der Waals surface area contributed by atoms with Crippen molar-refractivity contribution in [3.8, 4) is 0 Å². The average molecular weight is 179 g/mol. The molecule has 0 saturated carbocycles. The van der Waals surface area contributed by atoms with Crippen molar-refractivity contribution >= 4 is 17.3 Å². The van der Waals surface area contributed by atoms with E-state index in [0.717, 1.165) is 12.2 Å². The number of benzene rings is 1. The average Bonchev–Trinajstić information content (AvgIpc) is 2.08. The minimum Gasteiger partial charge on any atom is -0.399 e. The van der Waals surface area contributed by atoms with E-state index in [1.807, 2.05) is 6.92 Å². The molecule has 1 amide bonds.